The number of rotatable bonds is 7. The van der Waals surface area contributed by atoms with Crippen molar-refractivity contribution in [1.29, 1.82) is 0 Å². The third kappa shape index (κ3) is 3.40. The zero-order valence-electron chi connectivity index (χ0n) is 8.60. The van der Waals surface area contributed by atoms with Crippen LogP contribution in [0.4, 0.5) is 0 Å². The van der Waals surface area contributed by atoms with Crippen molar-refractivity contribution < 1.29 is 0 Å². The fraction of sp³-hybridized carbons (Fsp3) is 0.636. The van der Waals surface area contributed by atoms with Crippen LogP contribution in [-0.4, -0.2) is 8.07 Å². The lowest BCUT2D eigenvalue weighted by atomic mass is 10.4. The van der Waals surface area contributed by atoms with Crippen LogP contribution in [0.1, 0.15) is 33.1 Å². The van der Waals surface area contributed by atoms with E-state index in [0.717, 1.165) is 0 Å². The summed E-state index contributed by atoms with van der Waals surface area (Å²) in [5.41, 5.74) is 4.42. The van der Waals surface area contributed by atoms with Crippen LogP contribution in [0.2, 0.25) is 12.1 Å². The van der Waals surface area contributed by atoms with Crippen LogP contribution < -0.4 is 0 Å². The molecular weight excluding hydrogens is 160 g/mol. The molecule has 0 atom stereocenters. The molecule has 0 heterocycles. The first kappa shape index (κ1) is 11.7. The summed E-state index contributed by atoms with van der Waals surface area (Å²) in [6.45, 7) is 12.4. The summed E-state index contributed by atoms with van der Waals surface area (Å²) in [4.78, 5) is 0. The average Bonchev–Trinajstić information content (AvgIpc) is 2.13. The smallest absolute Gasteiger partial charge is 0.100 e. The molecule has 0 nitrogen and oxygen atoms in total. The standard InChI is InChI=1S/C11H22Si/c1-5-9-11-12(7-3,8-4)10-6-2/h7-8H,3-6,9-11H2,1-2H3. The molecule has 0 aliphatic heterocycles. The maximum Gasteiger partial charge on any atom is 0.100 e. The molecule has 0 N–H and O–H groups in total. The second-order valence-corrected chi connectivity index (χ2v) is 7.78. The molecule has 0 radical (unpaired) electrons. The van der Waals surface area contributed by atoms with E-state index >= 15 is 0 Å². The first-order chi connectivity index (χ1) is 5.74. The molecule has 0 aliphatic carbocycles. The van der Waals surface area contributed by atoms with Crippen LogP contribution in [0.25, 0.3) is 0 Å². The first-order valence-electron chi connectivity index (χ1n) is 5.02. The van der Waals surface area contributed by atoms with Crippen molar-refractivity contribution in [3.8, 4) is 0 Å². The molecule has 0 bridgehead atoms. The van der Waals surface area contributed by atoms with Crippen molar-refractivity contribution in [3.63, 3.8) is 0 Å². The molecule has 0 spiro atoms. The average molecular weight is 182 g/mol. The summed E-state index contributed by atoms with van der Waals surface area (Å²) in [6.07, 6.45) is 3.90. The predicted molar refractivity (Wildman–Crippen MR) is 61.0 cm³/mol. The Bertz CT molecular complexity index is 130. The minimum absolute atomic E-state index is 1.24. The third-order valence-corrected chi connectivity index (χ3v) is 6.87. The van der Waals surface area contributed by atoms with Crippen LogP contribution in [0.3, 0.4) is 0 Å². The highest BCUT2D eigenvalue weighted by Gasteiger charge is 2.23. The fourth-order valence-electron chi connectivity index (χ4n) is 1.59. The van der Waals surface area contributed by atoms with Gasteiger partial charge in [-0.3, -0.25) is 0 Å². The summed E-state index contributed by atoms with van der Waals surface area (Å²) in [7, 11) is -1.24. The van der Waals surface area contributed by atoms with E-state index in [0.29, 0.717) is 0 Å². The van der Waals surface area contributed by atoms with Gasteiger partial charge in [-0.05, 0) is 0 Å². The molecule has 0 aliphatic rings. The molecule has 0 unspecified atom stereocenters. The van der Waals surface area contributed by atoms with Crippen molar-refractivity contribution in [2.24, 2.45) is 0 Å². The van der Waals surface area contributed by atoms with Gasteiger partial charge in [0, 0.05) is 0 Å². The molecule has 1 heteroatoms. The quantitative estimate of drug-likeness (QED) is 0.520. The monoisotopic (exact) mass is 182 g/mol. The Morgan fingerprint density at radius 2 is 1.58 bits per heavy atom. The summed E-state index contributed by atoms with van der Waals surface area (Å²) >= 11 is 0. The highest BCUT2D eigenvalue weighted by atomic mass is 28.3. The van der Waals surface area contributed by atoms with Gasteiger partial charge in [-0.15, -0.1) is 13.2 Å². The largest absolute Gasteiger partial charge is 0.107 e. The Morgan fingerprint density at radius 3 is 1.92 bits per heavy atom. The maximum atomic E-state index is 3.97. The van der Waals surface area contributed by atoms with Crippen LogP contribution in [0.5, 0.6) is 0 Å². The zero-order valence-corrected chi connectivity index (χ0v) is 9.60. The van der Waals surface area contributed by atoms with E-state index in [4.69, 9.17) is 0 Å². The van der Waals surface area contributed by atoms with Crippen LogP contribution >= 0.6 is 0 Å². The van der Waals surface area contributed by atoms with E-state index in [1.54, 1.807) is 0 Å². The minimum atomic E-state index is -1.24. The Labute approximate surface area is 78.4 Å². The van der Waals surface area contributed by atoms with Gasteiger partial charge < -0.3 is 0 Å². The lowest BCUT2D eigenvalue weighted by molar-refractivity contribution is 0.863. The zero-order chi connectivity index (χ0) is 9.45. The molecule has 0 saturated carbocycles. The van der Waals surface area contributed by atoms with Gasteiger partial charge >= 0.3 is 0 Å². The summed E-state index contributed by atoms with van der Waals surface area (Å²) in [5, 5.41) is 0. The molecule has 0 rings (SSSR count). The maximum absolute atomic E-state index is 3.97. The minimum Gasteiger partial charge on any atom is -0.107 e. The molecule has 0 fully saturated rings. The Kier molecular flexibility index (Phi) is 6.08. The predicted octanol–water partition coefficient (Wildman–Crippen LogP) is 4.10. The van der Waals surface area contributed by atoms with Crippen molar-refractivity contribution in [3.05, 3.63) is 24.6 Å². The molecule has 0 aromatic carbocycles. The van der Waals surface area contributed by atoms with E-state index in [-0.39, 0.29) is 0 Å². The van der Waals surface area contributed by atoms with E-state index in [2.05, 4.69) is 38.4 Å². The topological polar surface area (TPSA) is 0 Å². The van der Waals surface area contributed by atoms with E-state index in [1.165, 1.54) is 31.4 Å². The van der Waals surface area contributed by atoms with Gasteiger partial charge in [-0.25, -0.2) is 0 Å². The molecule has 0 amide bonds. The second-order valence-electron chi connectivity index (χ2n) is 3.49. The SMILES string of the molecule is C=C[Si](C=C)(CCC)CCCC. The van der Waals surface area contributed by atoms with Gasteiger partial charge in [-0.1, -0.05) is 56.6 Å². The van der Waals surface area contributed by atoms with Gasteiger partial charge in [0.2, 0.25) is 0 Å². The van der Waals surface area contributed by atoms with Crippen molar-refractivity contribution in [2.45, 2.75) is 45.2 Å². The van der Waals surface area contributed by atoms with Crippen molar-refractivity contribution >= 4 is 8.07 Å². The lowest BCUT2D eigenvalue weighted by Gasteiger charge is -2.23. The molecular formula is C11H22Si. The Hall–Kier alpha value is -0.303. The third-order valence-electron chi connectivity index (χ3n) is 2.52. The Balaban J connectivity index is 4.13. The second kappa shape index (κ2) is 6.24. The van der Waals surface area contributed by atoms with Gasteiger partial charge in [0.15, 0.2) is 0 Å². The molecule has 0 aromatic heterocycles. The molecule has 0 aromatic rings. The van der Waals surface area contributed by atoms with Gasteiger partial charge in [0.1, 0.15) is 8.07 Å². The van der Waals surface area contributed by atoms with Crippen LogP contribution in [0, 0.1) is 0 Å². The highest BCUT2D eigenvalue weighted by molar-refractivity contribution is 6.88. The highest BCUT2D eigenvalue weighted by Crippen LogP contribution is 2.22. The van der Waals surface area contributed by atoms with Gasteiger partial charge in [-0.2, -0.15) is 0 Å². The summed E-state index contributed by atoms with van der Waals surface area (Å²) in [6, 6.07) is 2.68. The van der Waals surface area contributed by atoms with E-state index in [1.807, 2.05) is 0 Å². The normalized spacial score (nSPS) is 11.2. The Morgan fingerprint density at radius 1 is 1.00 bits per heavy atom. The first-order valence-corrected chi connectivity index (χ1v) is 7.58. The summed E-state index contributed by atoms with van der Waals surface area (Å²) in [5.74, 6) is 0. The van der Waals surface area contributed by atoms with Crippen molar-refractivity contribution in [1.82, 2.24) is 0 Å². The van der Waals surface area contributed by atoms with Crippen molar-refractivity contribution in [2.75, 3.05) is 0 Å². The number of hydrogen-bond donors (Lipinski definition) is 0. The molecule has 0 saturated heterocycles. The number of hydrogen-bond acceptors (Lipinski definition) is 0. The van der Waals surface area contributed by atoms with Crippen LogP contribution in [-0.2, 0) is 0 Å². The van der Waals surface area contributed by atoms with Gasteiger partial charge in [0.25, 0.3) is 0 Å². The van der Waals surface area contributed by atoms with Gasteiger partial charge in [0.05, 0.1) is 0 Å². The molecule has 12 heavy (non-hydrogen) atoms. The fourth-order valence-corrected chi connectivity index (χ4v) is 4.76. The van der Waals surface area contributed by atoms with Crippen LogP contribution in [0.15, 0.2) is 24.6 Å². The van der Waals surface area contributed by atoms with E-state index < -0.39 is 8.07 Å². The lowest BCUT2D eigenvalue weighted by Crippen LogP contribution is -2.28. The number of unbranched alkanes of at least 4 members (excludes halogenated alkanes) is 1. The molecule has 70 valence electrons. The van der Waals surface area contributed by atoms with E-state index in [9.17, 15) is 0 Å². The summed E-state index contributed by atoms with van der Waals surface area (Å²) < 4.78 is 0.